The number of hydrogen-bond acceptors (Lipinski definition) is 5. The average Bonchev–Trinajstić information content (AvgIpc) is 2.40. The minimum absolute atomic E-state index is 0.00585. The first-order valence-corrected chi connectivity index (χ1v) is 7.50. The lowest BCUT2D eigenvalue weighted by atomic mass is 10.0. The highest BCUT2D eigenvalue weighted by molar-refractivity contribution is 7.91. The topological polar surface area (TPSA) is 84.2 Å². The molecule has 0 aliphatic carbocycles. The number of sulfone groups is 1. The summed E-state index contributed by atoms with van der Waals surface area (Å²) < 4.78 is 28.1. The van der Waals surface area contributed by atoms with E-state index >= 15 is 0 Å². The molecule has 0 spiro atoms. The molecule has 102 valence electrons. The first kappa shape index (κ1) is 15.2. The van der Waals surface area contributed by atoms with E-state index in [4.69, 9.17) is 10.00 Å². The molecule has 0 aliphatic heterocycles. The number of carbonyl (C=O) groups excluding carboxylic acids is 1. The molecular formula is C13H15NO4S. The minimum Gasteiger partial charge on any atom is -0.465 e. The Labute approximate surface area is 112 Å². The highest BCUT2D eigenvalue weighted by atomic mass is 32.2. The number of hydrogen-bond donors (Lipinski definition) is 0. The van der Waals surface area contributed by atoms with Crippen LogP contribution in [0.3, 0.4) is 0 Å². The molecule has 0 saturated carbocycles. The first-order valence-electron chi connectivity index (χ1n) is 5.85. The van der Waals surface area contributed by atoms with Crippen LogP contribution in [0.4, 0.5) is 0 Å². The molecule has 6 heteroatoms. The fourth-order valence-corrected chi connectivity index (χ4v) is 2.41. The monoisotopic (exact) mass is 281 g/mol. The van der Waals surface area contributed by atoms with E-state index in [0.29, 0.717) is 5.56 Å². The number of nitrogens with zero attached hydrogens (tertiary/aromatic N) is 1. The van der Waals surface area contributed by atoms with Gasteiger partial charge in [0.15, 0.2) is 15.8 Å². The predicted molar refractivity (Wildman–Crippen MR) is 69.2 cm³/mol. The van der Waals surface area contributed by atoms with Crippen molar-refractivity contribution in [1.29, 1.82) is 5.26 Å². The van der Waals surface area contributed by atoms with Crippen LogP contribution < -0.4 is 0 Å². The quantitative estimate of drug-likeness (QED) is 0.766. The number of benzene rings is 1. The summed E-state index contributed by atoms with van der Waals surface area (Å²) in [5.74, 6) is -1.65. The van der Waals surface area contributed by atoms with E-state index in [-0.39, 0.29) is 17.3 Å². The molecule has 0 radical (unpaired) electrons. The zero-order chi connectivity index (χ0) is 14.5. The number of nitriles is 1. The summed E-state index contributed by atoms with van der Waals surface area (Å²) in [6, 6.07) is 7.58. The van der Waals surface area contributed by atoms with Crippen molar-refractivity contribution in [1.82, 2.24) is 0 Å². The zero-order valence-electron chi connectivity index (χ0n) is 10.8. The summed E-state index contributed by atoms with van der Waals surface area (Å²) in [5.41, 5.74) is 0.427. The van der Waals surface area contributed by atoms with Crippen molar-refractivity contribution < 1.29 is 17.9 Å². The van der Waals surface area contributed by atoms with E-state index in [1.165, 1.54) is 24.3 Å². The third-order valence-corrected chi connectivity index (χ3v) is 4.35. The standard InChI is InChI=1S/C13H15NO4S/c1-3-18-13(15)12(9-14)10-5-7-11(8-6-10)19(16,17)4-2/h5-8,12H,3-4H2,1-2H3. The van der Waals surface area contributed by atoms with Crippen LogP contribution in [0.15, 0.2) is 29.2 Å². The molecule has 0 N–H and O–H groups in total. The third kappa shape index (κ3) is 3.55. The van der Waals surface area contributed by atoms with E-state index in [9.17, 15) is 13.2 Å². The Bertz CT molecular complexity index is 584. The van der Waals surface area contributed by atoms with Crippen LogP contribution in [-0.2, 0) is 19.4 Å². The molecule has 0 bridgehead atoms. The van der Waals surface area contributed by atoms with Crippen molar-refractivity contribution in [3.05, 3.63) is 29.8 Å². The van der Waals surface area contributed by atoms with Gasteiger partial charge in [-0.3, -0.25) is 4.79 Å². The van der Waals surface area contributed by atoms with Crippen LogP contribution in [0.2, 0.25) is 0 Å². The molecule has 0 heterocycles. The van der Waals surface area contributed by atoms with Crippen molar-refractivity contribution in [2.75, 3.05) is 12.4 Å². The summed E-state index contributed by atoms with van der Waals surface area (Å²) >= 11 is 0. The second kappa shape index (κ2) is 6.34. The van der Waals surface area contributed by atoms with E-state index in [2.05, 4.69) is 0 Å². The van der Waals surface area contributed by atoms with Gasteiger partial charge in [-0.15, -0.1) is 0 Å². The third-order valence-electron chi connectivity index (χ3n) is 2.60. The molecule has 5 nitrogen and oxygen atoms in total. The number of esters is 1. The molecule has 19 heavy (non-hydrogen) atoms. The summed E-state index contributed by atoms with van der Waals surface area (Å²) in [6.45, 7) is 3.41. The van der Waals surface area contributed by atoms with Crippen molar-refractivity contribution in [3.63, 3.8) is 0 Å². The largest absolute Gasteiger partial charge is 0.465 e. The van der Waals surface area contributed by atoms with Gasteiger partial charge in [0.25, 0.3) is 0 Å². The Morgan fingerprint density at radius 1 is 1.32 bits per heavy atom. The fraction of sp³-hybridized carbons (Fsp3) is 0.385. The van der Waals surface area contributed by atoms with Gasteiger partial charge in [-0.05, 0) is 24.6 Å². The lowest BCUT2D eigenvalue weighted by Gasteiger charge is -2.09. The zero-order valence-corrected chi connectivity index (χ0v) is 11.6. The summed E-state index contributed by atoms with van der Waals surface area (Å²) in [4.78, 5) is 11.7. The highest BCUT2D eigenvalue weighted by Gasteiger charge is 2.22. The van der Waals surface area contributed by atoms with E-state index in [0.717, 1.165) is 0 Å². The molecular weight excluding hydrogens is 266 g/mol. The number of rotatable bonds is 5. The molecule has 0 amide bonds. The van der Waals surface area contributed by atoms with Gasteiger partial charge >= 0.3 is 5.97 Å². The van der Waals surface area contributed by atoms with Crippen LogP contribution in [-0.4, -0.2) is 26.7 Å². The maximum absolute atomic E-state index is 11.6. The SMILES string of the molecule is CCOC(=O)C(C#N)c1ccc(S(=O)(=O)CC)cc1. The molecule has 1 aromatic rings. The maximum Gasteiger partial charge on any atom is 0.327 e. The Hall–Kier alpha value is -1.87. The second-order valence-corrected chi connectivity index (χ2v) is 6.06. The second-order valence-electron chi connectivity index (χ2n) is 3.79. The Morgan fingerprint density at radius 2 is 1.89 bits per heavy atom. The van der Waals surface area contributed by atoms with E-state index < -0.39 is 21.7 Å². The van der Waals surface area contributed by atoms with Crippen LogP contribution >= 0.6 is 0 Å². The van der Waals surface area contributed by atoms with E-state index in [1.807, 2.05) is 6.07 Å². The van der Waals surface area contributed by atoms with Gasteiger partial charge in [0.1, 0.15) is 0 Å². The molecule has 1 unspecified atom stereocenters. The minimum atomic E-state index is -3.28. The molecule has 0 aliphatic rings. The Balaban J connectivity index is 3.05. The first-order chi connectivity index (χ1) is 8.96. The molecule has 1 aromatic carbocycles. The summed E-state index contributed by atoms with van der Waals surface area (Å²) in [6.07, 6.45) is 0. The normalized spacial score (nSPS) is 12.5. The van der Waals surface area contributed by atoms with Gasteiger partial charge in [0, 0.05) is 0 Å². The van der Waals surface area contributed by atoms with Crippen molar-refractivity contribution in [2.45, 2.75) is 24.7 Å². The van der Waals surface area contributed by atoms with Gasteiger partial charge in [-0.2, -0.15) is 5.26 Å². The molecule has 1 rings (SSSR count). The van der Waals surface area contributed by atoms with Gasteiger partial charge in [0.2, 0.25) is 0 Å². The van der Waals surface area contributed by atoms with Gasteiger partial charge in [-0.1, -0.05) is 19.1 Å². The molecule has 0 fully saturated rings. The Morgan fingerprint density at radius 3 is 2.32 bits per heavy atom. The molecule has 0 saturated heterocycles. The van der Waals surface area contributed by atoms with Crippen LogP contribution in [0, 0.1) is 11.3 Å². The van der Waals surface area contributed by atoms with Crippen LogP contribution in [0.25, 0.3) is 0 Å². The van der Waals surface area contributed by atoms with Gasteiger partial charge < -0.3 is 4.74 Å². The predicted octanol–water partition coefficient (Wildman–Crippen LogP) is 1.65. The lowest BCUT2D eigenvalue weighted by Crippen LogP contribution is -2.14. The lowest BCUT2D eigenvalue weighted by molar-refractivity contribution is -0.143. The number of ether oxygens (including phenoxy) is 1. The number of carbonyl (C=O) groups is 1. The summed E-state index contributed by atoms with van der Waals surface area (Å²) in [5, 5.41) is 8.98. The van der Waals surface area contributed by atoms with Crippen molar-refractivity contribution in [2.24, 2.45) is 0 Å². The van der Waals surface area contributed by atoms with Crippen LogP contribution in [0.1, 0.15) is 25.3 Å². The van der Waals surface area contributed by atoms with Gasteiger partial charge in [0.05, 0.1) is 23.3 Å². The highest BCUT2D eigenvalue weighted by Crippen LogP contribution is 2.20. The molecule has 0 aromatic heterocycles. The molecule has 1 atom stereocenters. The smallest absolute Gasteiger partial charge is 0.327 e. The van der Waals surface area contributed by atoms with Crippen LogP contribution in [0.5, 0.6) is 0 Å². The Kier molecular flexibility index (Phi) is 5.07. The van der Waals surface area contributed by atoms with Crippen molar-refractivity contribution >= 4 is 15.8 Å². The van der Waals surface area contributed by atoms with E-state index in [1.54, 1.807) is 13.8 Å². The van der Waals surface area contributed by atoms with Crippen molar-refractivity contribution in [3.8, 4) is 6.07 Å². The van der Waals surface area contributed by atoms with Gasteiger partial charge in [-0.25, -0.2) is 8.42 Å². The fourth-order valence-electron chi connectivity index (χ4n) is 1.52. The average molecular weight is 281 g/mol. The summed E-state index contributed by atoms with van der Waals surface area (Å²) in [7, 11) is -3.28. The maximum atomic E-state index is 11.6.